The molecule has 0 bridgehead atoms. The Morgan fingerprint density at radius 3 is 1.36 bits per heavy atom. The van der Waals surface area contributed by atoms with Gasteiger partial charge in [0.15, 0.2) is 0 Å². The van der Waals surface area contributed by atoms with Gasteiger partial charge in [-0.15, -0.1) is 6.04 Å². The summed E-state index contributed by atoms with van der Waals surface area (Å²) < 4.78 is 0. The van der Waals surface area contributed by atoms with Gasteiger partial charge in [-0.25, -0.2) is 0 Å². The summed E-state index contributed by atoms with van der Waals surface area (Å²) in [6, 6.07) is -0.799. The third-order valence-corrected chi connectivity index (χ3v) is 6.71. The molecule has 0 saturated heterocycles. The number of amides is 2. The standard InChI is InChI=1S/C21H33N2O13Si.7Na/c1-3-5-7-23-18(27)14(12(19(28)29)10-13(24)25)16(21(32)33)15(20(30)31)11(4-2)17(26)22-8-6-9-37(34,35)36;;;;;;;/h11-12,14-16H,3-10H2,1-2H3,(H,22,26)(H,23,27)(H,24,25)(H,28,29)(H,30,31)(H,32,33);;;;;;;/q-3;7*+1/p-4/t11?,12-,14-,15+,16?;;;;;;;/m0......./s1. The fraction of sp³-hybridized carbons (Fsp3) is 0.714. The van der Waals surface area contributed by atoms with Crippen LogP contribution >= 0.6 is 0 Å². The average molecular weight is 706 g/mol. The van der Waals surface area contributed by atoms with E-state index in [1.807, 2.05) is 0 Å². The van der Waals surface area contributed by atoms with Crippen molar-refractivity contribution in [1.82, 2.24) is 10.6 Å². The van der Waals surface area contributed by atoms with Crippen molar-refractivity contribution >= 4 is 44.5 Å². The van der Waals surface area contributed by atoms with Crippen molar-refractivity contribution in [1.29, 1.82) is 0 Å². The molecule has 0 aliphatic rings. The van der Waals surface area contributed by atoms with Crippen LogP contribution in [0.25, 0.3) is 0 Å². The zero-order valence-corrected chi connectivity index (χ0v) is 42.4. The van der Waals surface area contributed by atoms with Crippen LogP contribution in [-0.2, 0) is 28.8 Å². The molecule has 2 N–H and O–H groups in total. The van der Waals surface area contributed by atoms with Gasteiger partial charge in [0.25, 0.3) is 0 Å². The molecule has 0 rings (SSSR count). The van der Waals surface area contributed by atoms with Crippen molar-refractivity contribution in [3.63, 3.8) is 0 Å². The van der Waals surface area contributed by atoms with E-state index in [2.05, 4.69) is 10.6 Å². The monoisotopic (exact) mass is 706 g/mol. The van der Waals surface area contributed by atoms with Crippen LogP contribution < -0.4 is 252 Å². The van der Waals surface area contributed by atoms with Crippen LogP contribution in [-0.4, -0.2) is 57.6 Å². The van der Waals surface area contributed by atoms with E-state index in [9.17, 15) is 63.6 Å². The topological polar surface area (TPSA) is 288 Å². The smallest absolute Gasteiger partial charge is 0.881 e. The molecule has 0 aliphatic carbocycles. The molecule has 0 aromatic heterocycles. The van der Waals surface area contributed by atoms with E-state index < -0.39 is 93.1 Å². The van der Waals surface area contributed by atoms with Gasteiger partial charge < -0.3 is 64.6 Å². The van der Waals surface area contributed by atoms with Gasteiger partial charge in [0.2, 0.25) is 11.8 Å². The molecule has 0 fully saturated rings. The summed E-state index contributed by atoms with van der Waals surface area (Å²) in [4.78, 5) is 105. The molecule has 0 radical (unpaired) electrons. The van der Waals surface area contributed by atoms with Gasteiger partial charge in [-0.2, -0.15) is 0 Å². The van der Waals surface area contributed by atoms with Crippen LogP contribution in [0.1, 0.15) is 46.0 Å². The molecule has 23 heteroatoms. The Hall–Kier alpha value is 3.92. The van der Waals surface area contributed by atoms with Crippen molar-refractivity contribution in [2.45, 2.75) is 52.0 Å². The minimum absolute atomic E-state index is 0. The molecular formula is C21H29N2Na7O13Si. The second-order valence-corrected chi connectivity index (χ2v) is 10.3. The molecule has 0 saturated carbocycles. The van der Waals surface area contributed by atoms with Gasteiger partial charge in [-0.05, 0) is 25.7 Å². The van der Waals surface area contributed by atoms with Crippen LogP contribution in [0.5, 0.6) is 0 Å². The fourth-order valence-electron chi connectivity index (χ4n) is 3.97. The predicted molar refractivity (Wildman–Crippen MR) is 108 cm³/mol. The number of hydrogen-bond acceptors (Lipinski definition) is 13. The second-order valence-electron chi connectivity index (χ2n) is 8.45. The van der Waals surface area contributed by atoms with Crippen LogP contribution in [0.4, 0.5) is 0 Å². The minimum atomic E-state index is -5.17. The average Bonchev–Trinajstić information content (AvgIpc) is 2.76. The maximum Gasteiger partial charge on any atom is 1.00 e. The Balaban J connectivity index is -0.000000309. The van der Waals surface area contributed by atoms with E-state index in [4.69, 9.17) is 0 Å². The van der Waals surface area contributed by atoms with E-state index in [0.717, 1.165) is 0 Å². The summed E-state index contributed by atoms with van der Waals surface area (Å²) in [6.45, 7) is 2.51. The Bertz CT molecular complexity index is 858. The number of carbonyl (C=O) groups is 6. The Kier molecular flexibility index (Phi) is 53.1. The second kappa shape index (κ2) is 35.3. The van der Waals surface area contributed by atoms with Gasteiger partial charge in [0.05, 0.1) is 5.92 Å². The van der Waals surface area contributed by atoms with Crippen LogP contribution in [0.3, 0.4) is 0 Å². The number of rotatable bonds is 19. The number of carboxylic acids is 4. The van der Waals surface area contributed by atoms with Gasteiger partial charge in [-0.1, -0.05) is 20.3 Å². The molecule has 0 aromatic rings. The molecule has 15 nitrogen and oxygen atoms in total. The van der Waals surface area contributed by atoms with E-state index in [-0.39, 0.29) is 226 Å². The van der Waals surface area contributed by atoms with Crippen LogP contribution in [0.15, 0.2) is 0 Å². The van der Waals surface area contributed by atoms with Gasteiger partial charge in [-0.3, -0.25) is 18.4 Å². The van der Waals surface area contributed by atoms with Crippen molar-refractivity contribution < 1.29 is 270 Å². The molecule has 0 aromatic carbocycles. The molecule has 2 amide bonds. The van der Waals surface area contributed by atoms with Gasteiger partial charge in [0.1, 0.15) is 0 Å². The number of aliphatic carboxylic acids is 4. The molecule has 5 atom stereocenters. The minimum Gasteiger partial charge on any atom is -0.881 e. The van der Waals surface area contributed by atoms with Gasteiger partial charge in [0, 0.05) is 60.6 Å². The van der Waals surface area contributed by atoms with E-state index in [1.54, 1.807) is 6.92 Å². The van der Waals surface area contributed by atoms with E-state index in [1.165, 1.54) is 6.92 Å². The molecule has 0 aliphatic heterocycles. The summed E-state index contributed by atoms with van der Waals surface area (Å²) in [5.41, 5.74) is 0. The summed E-state index contributed by atoms with van der Waals surface area (Å²) >= 11 is 0. The molecule has 44 heavy (non-hydrogen) atoms. The largest absolute Gasteiger partial charge is 1.00 e. The van der Waals surface area contributed by atoms with Crippen LogP contribution in [0.2, 0.25) is 6.04 Å². The first-order chi connectivity index (χ1) is 17.1. The van der Waals surface area contributed by atoms with Gasteiger partial charge >= 0.3 is 207 Å². The zero-order chi connectivity index (χ0) is 28.9. The quantitative estimate of drug-likeness (QED) is 0.0933. The third kappa shape index (κ3) is 26.7. The first kappa shape index (κ1) is 66.2. The number of hydrogen-bond donors (Lipinski definition) is 2. The number of nitrogens with one attached hydrogen (secondary N) is 2. The normalized spacial score (nSPS) is 13.0. The Labute approximate surface area is 412 Å². The maximum atomic E-state index is 12.9. The van der Waals surface area contributed by atoms with E-state index in [0.29, 0.717) is 12.8 Å². The number of carboxylic acid groups (broad SMARTS) is 4. The Morgan fingerprint density at radius 1 is 0.591 bits per heavy atom. The summed E-state index contributed by atoms with van der Waals surface area (Å²) in [5.74, 6) is -22.5. The summed E-state index contributed by atoms with van der Waals surface area (Å²) in [7, 11) is -5.17. The predicted octanol–water partition coefficient (Wildman–Crippen LogP) is -29.7. The zero-order valence-electron chi connectivity index (χ0n) is 27.4. The molecule has 0 spiro atoms. The van der Waals surface area contributed by atoms with Crippen molar-refractivity contribution in [3.8, 4) is 0 Å². The summed E-state index contributed by atoms with van der Waals surface area (Å²) in [5, 5.41) is 51.5. The molecule has 2 unspecified atom stereocenters. The Morgan fingerprint density at radius 2 is 1.02 bits per heavy atom. The summed E-state index contributed by atoms with van der Waals surface area (Å²) in [6.07, 6.45) is -1.21. The van der Waals surface area contributed by atoms with Crippen molar-refractivity contribution in [2.75, 3.05) is 13.1 Å². The van der Waals surface area contributed by atoms with Crippen molar-refractivity contribution in [3.05, 3.63) is 0 Å². The number of carbonyl (C=O) groups excluding carboxylic acids is 6. The maximum absolute atomic E-state index is 12.9. The first-order valence-corrected chi connectivity index (χ1v) is 13.5. The molecular weight excluding hydrogens is 677 g/mol. The number of unbranched alkanes of at least 4 members (excludes halogenated alkanes) is 1. The first-order valence-electron chi connectivity index (χ1n) is 11.6. The SMILES string of the molecule is CCCCNC(=O)[C@H](C(C(=O)[O-])[C@H](C(=O)[O-])C(CC)C(=O)NCCC[Si]([O-])([O-])[O-])[C@H](CC(=O)[O-])C(=O)[O-].[Na+].[Na+].[Na+].[Na+].[Na+].[Na+].[Na+]. The van der Waals surface area contributed by atoms with E-state index >= 15 is 0 Å². The molecule has 212 valence electrons. The fourth-order valence-corrected chi connectivity index (χ4v) is 4.58. The molecule has 0 heterocycles. The third-order valence-electron chi connectivity index (χ3n) is 5.74. The van der Waals surface area contributed by atoms with Crippen molar-refractivity contribution in [2.24, 2.45) is 29.6 Å². The van der Waals surface area contributed by atoms with Crippen LogP contribution in [0, 0.1) is 29.6 Å².